The fourth-order valence-electron chi connectivity index (χ4n) is 2.52. The van der Waals surface area contributed by atoms with Gasteiger partial charge in [0.2, 0.25) is 0 Å². The topological polar surface area (TPSA) is 68.5 Å². The van der Waals surface area contributed by atoms with Crippen molar-refractivity contribution in [2.45, 2.75) is 18.4 Å². The summed E-state index contributed by atoms with van der Waals surface area (Å²) in [6.07, 6.45) is 5.45. The summed E-state index contributed by atoms with van der Waals surface area (Å²) in [5.41, 5.74) is 1.03. The summed E-state index contributed by atoms with van der Waals surface area (Å²) in [5.74, 6) is 1.98. The van der Waals surface area contributed by atoms with Gasteiger partial charge in [0.25, 0.3) is 5.91 Å². The molecule has 0 spiro atoms. The van der Waals surface area contributed by atoms with E-state index in [1.165, 1.54) is 35.6 Å². The molecule has 3 aromatic rings. The van der Waals surface area contributed by atoms with Crippen molar-refractivity contribution in [3.8, 4) is 12.3 Å². The molecule has 2 aromatic carbocycles. The maximum Gasteiger partial charge on any atom is 0.279 e. The van der Waals surface area contributed by atoms with Crippen molar-refractivity contribution in [2.75, 3.05) is 5.75 Å². The number of amides is 1. The zero-order chi connectivity index (χ0) is 19.6. The van der Waals surface area contributed by atoms with Crippen molar-refractivity contribution in [1.82, 2.24) is 4.57 Å². The van der Waals surface area contributed by atoms with Crippen LogP contribution in [0.5, 0.6) is 0 Å². The molecular formula is C19H15ClN2O3S2. The van der Waals surface area contributed by atoms with E-state index < -0.39 is 15.7 Å². The zero-order valence-corrected chi connectivity index (χ0v) is 16.7. The van der Waals surface area contributed by atoms with Crippen molar-refractivity contribution in [1.29, 1.82) is 0 Å². The number of sulfone groups is 1. The standard InChI is InChI=1S/C19H15ClN2O3S2/c1-3-10-22-16-9-8-14(20)12-17(16)26-19(22)21-18(23)13-6-5-7-15(11-13)27(24,25)4-2/h1,5-9,11-12H,4,10H2,2H3. The third-order valence-electron chi connectivity index (χ3n) is 3.91. The first-order chi connectivity index (χ1) is 12.9. The second-order valence-corrected chi connectivity index (χ2v) is 9.36. The number of benzene rings is 2. The number of nitrogens with zero attached hydrogens (tertiary/aromatic N) is 2. The van der Waals surface area contributed by atoms with Gasteiger partial charge in [-0.2, -0.15) is 4.99 Å². The average Bonchev–Trinajstić information content (AvgIpc) is 2.98. The van der Waals surface area contributed by atoms with Gasteiger partial charge in [-0.3, -0.25) is 4.79 Å². The lowest BCUT2D eigenvalue weighted by atomic mass is 10.2. The van der Waals surface area contributed by atoms with Gasteiger partial charge in [0.15, 0.2) is 14.6 Å². The molecule has 0 aliphatic carbocycles. The van der Waals surface area contributed by atoms with E-state index in [1.807, 2.05) is 6.07 Å². The summed E-state index contributed by atoms with van der Waals surface area (Å²) in [4.78, 5) is 17.3. The maximum atomic E-state index is 12.6. The van der Waals surface area contributed by atoms with E-state index in [4.69, 9.17) is 18.0 Å². The van der Waals surface area contributed by atoms with E-state index in [9.17, 15) is 13.2 Å². The Bertz CT molecular complexity index is 1250. The van der Waals surface area contributed by atoms with Crippen LogP contribution in [0.1, 0.15) is 17.3 Å². The highest BCUT2D eigenvalue weighted by molar-refractivity contribution is 7.91. The van der Waals surface area contributed by atoms with E-state index in [2.05, 4.69) is 10.9 Å². The van der Waals surface area contributed by atoms with Gasteiger partial charge in [-0.1, -0.05) is 41.8 Å². The Kier molecular flexibility index (Phi) is 5.51. The van der Waals surface area contributed by atoms with E-state index >= 15 is 0 Å². The van der Waals surface area contributed by atoms with Crippen LogP contribution in [0, 0.1) is 12.3 Å². The van der Waals surface area contributed by atoms with Gasteiger partial charge in [-0.05, 0) is 36.4 Å². The summed E-state index contributed by atoms with van der Waals surface area (Å²) >= 11 is 7.33. The van der Waals surface area contributed by atoms with Crippen LogP contribution in [-0.2, 0) is 16.4 Å². The Morgan fingerprint density at radius 1 is 1.30 bits per heavy atom. The Morgan fingerprint density at radius 3 is 2.78 bits per heavy atom. The predicted octanol–water partition coefficient (Wildman–Crippen LogP) is 3.52. The molecule has 0 radical (unpaired) electrons. The molecule has 27 heavy (non-hydrogen) atoms. The zero-order valence-electron chi connectivity index (χ0n) is 14.3. The molecule has 0 N–H and O–H groups in total. The first kappa shape index (κ1) is 19.4. The lowest BCUT2D eigenvalue weighted by molar-refractivity contribution is 0.0997. The van der Waals surface area contributed by atoms with Gasteiger partial charge in [0, 0.05) is 10.6 Å². The number of aromatic nitrogens is 1. The molecular weight excluding hydrogens is 404 g/mol. The van der Waals surface area contributed by atoms with Gasteiger partial charge in [-0.25, -0.2) is 8.42 Å². The van der Waals surface area contributed by atoms with Crippen LogP contribution in [0.15, 0.2) is 52.4 Å². The fourth-order valence-corrected chi connectivity index (χ4v) is 4.75. The van der Waals surface area contributed by atoms with Crippen molar-refractivity contribution in [3.05, 3.63) is 57.9 Å². The number of halogens is 1. The third-order valence-corrected chi connectivity index (χ3v) is 6.92. The van der Waals surface area contributed by atoms with Gasteiger partial charge in [-0.15, -0.1) is 6.42 Å². The molecule has 0 aliphatic rings. The predicted molar refractivity (Wildman–Crippen MR) is 108 cm³/mol. The molecule has 0 bridgehead atoms. The van der Waals surface area contributed by atoms with Crippen LogP contribution < -0.4 is 4.80 Å². The van der Waals surface area contributed by atoms with Crippen molar-refractivity contribution in [3.63, 3.8) is 0 Å². The van der Waals surface area contributed by atoms with Crippen molar-refractivity contribution < 1.29 is 13.2 Å². The molecule has 138 valence electrons. The molecule has 0 atom stereocenters. The van der Waals surface area contributed by atoms with Crippen LogP contribution in [-0.4, -0.2) is 24.6 Å². The minimum Gasteiger partial charge on any atom is -0.305 e. The van der Waals surface area contributed by atoms with Crippen molar-refractivity contribution in [2.24, 2.45) is 4.99 Å². The number of terminal acetylenes is 1. The van der Waals surface area contributed by atoms with Gasteiger partial charge in [0.05, 0.1) is 27.4 Å². The molecule has 1 aromatic heterocycles. The quantitative estimate of drug-likeness (QED) is 0.608. The summed E-state index contributed by atoms with van der Waals surface area (Å²) in [5, 5.41) is 0.576. The SMILES string of the molecule is C#CCn1c(=NC(=O)c2cccc(S(=O)(=O)CC)c2)sc2cc(Cl)ccc21. The number of rotatable bonds is 4. The number of hydrogen-bond acceptors (Lipinski definition) is 4. The number of fused-ring (bicyclic) bond motifs is 1. The minimum absolute atomic E-state index is 0.0406. The van der Waals surface area contributed by atoms with Gasteiger partial charge in [0.1, 0.15) is 0 Å². The Balaban J connectivity index is 2.12. The second-order valence-electron chi connectivity index (χ2n) is 5.64. The summed E-state index contributed by atoms with van der Waals surface area (Å²) in [6.45, 7) is 1.80. The third kappa shape index (κ3) is 3.98. The van der Waals surface area contributed by atoms with Crippen LogP contribution >= 0.6 is 22.9 Å². The highest BCUT2D eigenvalue weighted by Gasteiger charge is 2.15. The summed E-state index contributed by atoms with van der Waals surface area (Å²) in [6, 6.07) is 11.2. The molecule has 0 aliphatic heterocycles. The Hall–Kier alpha value is -2.40. The first-order valence-corrected chi connectivity index (χ1v) is 10.8. The lowest BCUT2D eigenvalue weighted by Gasteiger charge is -2.03. The van der Waals surface area contributed by atoms with Gasteiger partial charge < -0.3 is 4.57 Å². The normalized spacial score (nSPS) is 12.3. The molecule has 1 amide bonds. The van der Waals surface area contributed by atoms with Crippen LogP contribution in [0.3, 0.4) is 0 Å². The largest absolute Gasteiger partial charge is 0.305 e. The van der Waals surface area contributed by atoms with Crippen molar-refractivity contribution >= 4 is 48.9 Å². The molecule has 0 fully saturated rings. The lowest BCUT2D eigenvalue weighted by Crippen LogP contribution is -2.16. The highest BCUT2D eigenvalue weighted by atomic mass is 35.5. The molecule has 0 unspecified atom stereocenters. The van der Waals surface area contributed by atoms with E-state index in [0.29, 0.717) is 9.82 Å². The van der Waals surface area contributed by atoms with Gasteiger partial charge >= 0.3 is 0 Å². The highest BCUT2D eigenvalue weighted by Crippen LogP contribution is 2.22. The number of hydrogen-bond donors (Lipinski definition) is 0. The summed E-state index contributed by atoms with van der Waals surface area (Å²) in [7, 11) is -3.41. The van der Waals surface area contributed by atoms with E-state index in [1.54, 1.807) is 23.6 Å². The molecule has 0 saturated heterocycles. The van der Waals surface area contributed by atoms with E-state index in [0.717, 1.165) is 10.2 Å². The summed E-state index contributed by atoms with van der Waals surface area (Å²) < 4.78 is 26.7. The fraction of sp³-hybridized carbons (Fsp3) is 0.158. The molecule has 5 nitrogen and oxygen atoms in total. The number of carbonyl (C=O) groups excluding carboxylic acids is 1. The first-order valence-electron chi connectivity index (χ1n) is 8.00. The maximum absolute atomic E-state index is 12.6. The molecule has 0 saturated carbocycles. The second kappa shape index (κ2) is 7.69. The molecule has 8 heteroatoms. The number of thiazole rings is 1. The van der Waals surface area contributed by atoms with E-state index in [-0.39, 0.29) is 22.8 Å². The smallest absolute Gasteiger partial charge is 0.279 e. The number of carbonyl (C=O) groups is 1. The van der Waals surface area contributed by atoms with Crippen LogP contribution in [0.2, 0.25) is 5.02 Å². The van der Waals surface area contributed by atoms with Crippen LogP contribution in [0.25, 0.3) is 10.2 Å². The minimum atomic E-state index is -3.41. The molecule has 1 heterocycles. The average molecular weight is 419 g/mol. The molecule has 3 rings (SSSR count). The monoisotopic (exact) mass is 418 g/mol. The Morgan fingerprint density at radius 2 is 2.07 bits per heavy atom. The van der Waals surface area contributed by atoms with Crippen LogP contribution in [0.4, 0.5) is 0 Å². The Labute approximate surface area is 165 Å².